The number of aliphatic carboxylic acids is 1. The molecule has 21 heavy (non-hydrogen) atoms. The van der Waals surface area contributed by atoms with Crippen LogP contribution in [-0.4, -0.2) is 41.4 Å². The fourth-order valence-electron chi connectivity index (χ4n) is 1.93. The van der Waals surface area contributed by atoms with Gasteiger partial charge in [-0.15, -0.1) is 0 Å². The van der Waals surface area contributed by atoms with E-state index in [-0.39, 0.29) is 37.6 Å². The first-order valence-corrected chi connectivity index (χ1v) is 6.89. The third-order valence-corrected chi connectivity index (χ3v) is 3.41. The van der Waals surface area contributed by atoms with Crippen molar-refractivity contribution in [1.82, 2.24) is 10.6 Å². The highest BCUT2D eigenvalue weighted by Crippen LogP contribution is 2.37. The lowest BCUT2D eigenvalue weighted by Gasteiger charge is -2.13. The van der Waals surface area contributed by atoms with E-state index >= 15 is 0 Å². The number of rotatable bonds is 9. The molecular weight excluding hydrogens is 278 g/mol. The highest BCUT2D eigenvalue weighted by atomic mass is 16.4. The first-order valence-electron chi connectivity index (χ1n) is 6.89. The first-order chi connectivity index (χ1) is 9.81. The van der Waals surface area contributed by atoms with Crippen molar-refractivity contribution < 1.29 is 24.3 Å². The number of primary amides is 1. The molecule has 1 rings (SSSR count). The molecule has 0 radical (unpaired) electrons. The van der Waals surface area contributed by atoms with Gasteiger partial charge < -0.3 is 21.5 Å². The number of carbonyl (C=O) groups excluding carboxylic acids is 3. The van der Waals surface area contributed by atoms with Crippen LogP contribution in [0.1, 0.15) is 32.6 Å². The van der Waals surface area contributed by atoms with E-state index in [1.54, 1.807) is 0 Å². The van der Waals surface area contributed by atoms with Crippen LogP contribution in [0.25, 0.3) is 0 Å². The third kappa shape index (κ3) is 6.24. The van der Waals surface area contributed by atoms with E-state index in [2.05, 4.69) is 10.6 Å². The highest BCUT2D eigenvalue weighted by Gasteiger charge is 2.38. The maximum Gasteiger partial charge on any atom is 0.326 e. The molecule has 0 saturated heterocycles. The second kappa shape index (κ2) is 7.61. The van der Waals surface area contributed by atoms with E-state index < -0.39 is 23.8 Å². The summed E-state index contributed by atoms with van der Waals surface area (Å²) in [6.07, 6.45) is 0.690. The molecule has 8 nitrogen and oxygen atoms in total. The summed E-state index contributed by atoms with van der Waals surface area (Å²) < 4.78 is 0. The molecule has 0 aliphatic heterocycles. The van der Waals surface area contributed by atoms with Crippen molar-refractivity contribution in [2.75, 3.05) is 6.54 Å². The first kappa shape index (κ1) is 16.9. The van der Waals surface area contributed by atoms with Gasteiger partial charge in [-0.3, -0.25) is 14.4 Å². The SMILES string of the molecule is CC1CC1C(=O)NCCC(=O)N[C@H](CCC(N)=O)C(=O)O. The smallest absolute Gasteiger partial charge is 0.326 e. The summed E-state index contributed by atoms with van der Waals surface area (Å²) >= 11 is 0. The third-order valence-electron chi connectivity index (χ3n) is 3.41. The Morgan fingerprint density at radius 2 is 1.90 bits per heavy atom. The van der Waals surface area contributed by atoms with Crippen molar-refractivity contribution >= 4 is 23.7 Å². The molecule has 8 heteroatoms. The van der Waals surface area contributed by atoms with Gasteiger partial charge in [0.25, 0.3) is 0 Å². The number of amides is 3. The Labute approximate surface area is 122 Å². The zero-order chi connectivity index (χ0) is 16.0. The maximum absolute atomic E-state index is 11.6. The Hall–Kier alpha value is -2.12. The molecule has 3 atom stereocenters. The van der Waals surface area contributed by atoms with Crippen molar-refractivity contribution in [1.29, 1.82) is 0 Å². The summed E-state index contributed by atoms with van der Waals surface area (Å²) in [7, 11) is 0. The molecule has 0 heterocycles. The number of nitrogens with one attached hydrogen (secondary N) is 2. The Bertz CT molecular complexity index is 438. The number of nitrogens with two attached hydrogens (primary N) is 1. The molecule has 1 aliphatic rings. The van der Waals surface area contributed by atoms with Gasteiger partial charge in [-0.25, -0.2) is 4.79 Å². The largest absolute Gasteiger partial charge is 0.480 e. The molecule has 3 amide bonds. The van der Waals surface area contributed by atoms with Gasteiger partial charge in [-0.05, 0) is 18.8 Å². The molecule has 0 aromatic heterocycles. The topological polar surface area (TPSA) is 139 Å². The molecule has 0 aromatic rings. The summed E-state index contributed by atoms with van der Waals surface area (Å²) in [4.78, 5) is 44.7. The van der Waals surface area contributed by atoms with Crippen LogP contribution in [0.4, 0.5) is 0 Å². The lowest BCUT2D eigenvalue weighted by Crippen LogP contribution is -2.42. The lowest BCUT2D eigenvalue weighted by atomic mass is 10.1. The number of hydrogen-bond acceptors (Lipinski definition) is 4. The van der Waals surface area contributed by atoms with Crippen LogP contribution >= 0.6 is 0 Å². The molecule has 1 fully saturated rings. The summed E-state index contributed by atoms with van der Waals surface area (Å²) in [5, 5.41) is 13.9. The Morgan fingerprint density at radius 3 is 2.38 bits per heavy atom. The quantitative estimate of drug-likeness (QED) is 0.432. The Balaban J connectivity index is 2.24. The van der Waals surface area contributed by atoms with Crippen molar-refractivity contribution in [3.8, 4) is 0 Å². The summed E-state index contributed by atoms with van der Waals surface area (Å²) in [6.45, 7) is 2.14. The highest BCUT2D eigenvalue weighted by molar-refractivity contribution is 5.85. The molecule has 2 unspecified atom stereocenters. The number of hydrogen-bond donors (Lipinski definition) is 4. The standard InChI is InChI=1S/C13H21N3O5/c1-7-6-8(7)12(19)15-5-4-11(18)16-9(13(20)21)2-3-10(14)17/h7-9H,2-6H2,1H3,(H2,14,17)(H,15,19)(H,16,18)(H,20,21)/t7?,8?,9-/m1/s1. The summed E-state index contributed by atoms with van der Waals surface area (Å²) in [5.74, 6) is -1.98. The summed E-state index contributed by atoms with van der Waals surface area (Å²) in [5.41, 5.74) is 4.94. The van der Waals surface area contributed by atoms with Crippen LogP contribution in [0, 0.1) is 11.8 Å². The van der Waals surface area contributed by atoms with Crippen LogP contribution in [0.5, 0.6) is 0 Å². The minimum absolute atomic E-state index is 0.00675. The number of carboxylic acids is 1. The van der Waals surface area contributed by atoms with Gasteiger partial charge in [0.1, 0.15) is 6.04 Å². The van der Waals surface area contributed by atoms with Crippen LogP contribution in [0.15, 0.2) is 0 Å². The van der Waals surface area contributed by atoms with Gasteiger partial charge in [0.15, 0.2) is 0 Å². The van der Waals surface area contributed by atoms with Crippen LogP contribution in [0.3, 0.4) is 0 Å². The predicted octanol–water partition coefficient (Wildman–Crippen LogP) is -1.02. The van der Waals surface area contributed by atoms with E-state index in [4.69, 9.17) is 10.8 Å². The number of carbonyl (C=O) groups is 4. The van der Waals surface area contributed by atoms with Crippen molar-refractivity contribution in [2.24, 2.45) is 17.6 Å². The lowest BCUT2D eigenvalue weighted by molar-refractivity contribution is -0.142. The van der Waals surface area contributed by atoms with Gasteiger partial charge in [-0.1, -0.05) is 6.92 Å². The van der Waals surface area contributed by atoms with Crippen molar-refractivity contribution in [3.05, 3.63) is 0 Å². The van der Waals surface area contributed by atoms with Gasteiger partial charge in [0, 0.05) is 25.3 Å². The van der Waals surface area contributed by atoms with Gasteiger partial charge >= 0.3 is 5.97 Å². The second-order valence-electron chi connectivity index (χ2n) is 5.32. The summed E-state index contributed by atoms with van der Waals surface area (Å²) in [6, 6.07) is -1.15. The van der Waals surface area contributed by atoms with Crippen molar-refractivity contribution in [2.45, 2.75) is 38.6 Å². The fourth-order valence-corrected chi connectivity index (χ4v) is 1.93. The molecule has 5 N–H and O–H groups in total. The van der Waals surface area contributed by atoms with E-state index in [9.17, 15) is 19.2 Å². The van der Waals surface area contributed by atoms with Gasteiger partial charge in [-0.2, -0.15) is 0 Å². The monoisotopic (exact) mass is 299 g/mol. The van der Waals surface area contributed by atoms with Crippen molar-refractivity contribution in [3.63, 3.8) is 0 Å². The van der Waals surface area contributed by atoms with Crippen LogP contribution < -0.4 is 16.4 Å². The average molecular weight is 299 g/mol. The minimum atomic E-state index is -1.22. The van der Waals surface area contributed by atoms with E-state index in [0.29, 0.717) is 5.92 Å². The molecule has 1 saturated carbocycles. The zero-order valence-electron chi connectivity index (χ0n) is 11.9. The minimum Gasteiger partial charge on any atom is -0.480 e. The molecule has 1 aliphatic carbocycles. The van der Waals surface area contributed by atoms with E-state index in [0.717, 1.165) is 6.42 Å². The zero-order valence-corrected chi connectivity index (χ0v) is 11.9. The second-order valence-corrected chi connectivity index (χ2v) is 5.32. The normalized spacial score (nSPS) is 21.2. The fraction of sp³-hybridized carbons (Fsp3) is 0.692. The van der Waals surface area contributed by atoms with Crippen LogP contribution in [-0.2, 0) is 19.2 Å². The molecule has 0 bridgehead atoms. The Kier molecular flexibility index (Phi) is 6.13. The Morgan fingerprint density at radius 1 is 1.29 bits per heavy atom. The number of carboxylic acid groups (broad SMARTS) is 1. The predicted molar refractivity (Wildman–Crippen MR) is 72.9 cm³/mol. The maximum atomic E-state index is 11.6. The average Bonchev–Trinajstić information content (AvgIpc) is 3.11. The van der Waals surface area contributed by atoms with Gasteiger partial charge in [0.05, 0.1) is 0 Å². The van der Waals surface area contributed by atoms with Gasteiger partial charge in [0.2, 0.25) is 17.7 Å². The molecule has 0 spiro atoms. The molecule has 0 aromatic carbocycles. The molecule has 118 valence electrons. The van der Waals surface area contributed by atoms with E-state index in [1.165, 1.54) is 0 Å². The van der Waals surface area contributed by atoms with Crippen LogP contribution in [0.2, 0.25) is 0 Å². The van der Waals surface area contributed by atoms with E-state index in [1.807, 2.05) is 6.92 Å². The molecular formula is C13H21N3O5.